The number of thiol groups is 1. The van der Waals surface area contributed by atoms with Gasteiger partial charge in [-0.1, -0.05) is 47.5 Å². The highest BCUT2D eigenvalue weighted by Gasteiger charge is 2.48. The standard InChI is InChI=1S/C58H85FN9O8SSi/c1-15-44(61-51(70)49(37(3)4)64(13)53(72)57(59)25-29-65(30-26-57)47(69)22-24-56(9,10)63(11)12)52(71)68-28-18-23-58(78,62-68)54(73)76-36-55(7,8)34-43-42-33-40(66-31-32-75-46(35-66)39(6)77)20-21-45(42)67(16-2)50(43)41-19-17-27-60-48(41)38(5)74-14/h17,19-21,27,33,37-39,44,46,49,62,77H,15-16,18,23,25-26,28-32,34-36H2,1-14H3,(H,61,70)/t38-,39?,44-,46?,49-,58?/m0/s1. The maximum absolute atomic E-state index is 16.5. The minimum Gasteiger partial charge on any atom is -0.464 e. The number of methoxy groups -OCH3 is 1. The van der Waals surface area contributed by atoms with E-state index in [9.17, 15) is 24.0 Å². The van der Waals surface area contributed by atoms with E-state index >= 15 is 4.39 Å². The second-order valence-electron chi connectivity index (χ2n) is 23.2. The summed E-state index contributed by atoms with van der Waals surface area (Å²) in [4.78, 5) is 81.3. The number of piperidine rings is 1. The molecule has 2 aromatic heterocycles. The van der Waals surface area contributed by atoms with Gasteiger partial charge in [0, 0.05) is 105 Å². The molecule has 0 bridgehead atoms. The number of nitrogens with zero attached hydrogens (tertiary/aromatic N) is 7. The molecule has 2 N–H and O–H groups in total. The van der Waals surface area contributed by atoms with Crippen LogP contribution >= 0.6 is 12.6 Å². The van der Waals surface area contributed by atoms with Gasteiger partial charge in [-0.2, -0.15) is 12.6 Å². The van der Waals surface area contributed by atoms with Crippen molar-refractivity contribution in [2.24, 2.45) is 11.3 Å². The molecule has 3 unspecified atom stereocenters. The van der Waals surface area contributed by atoms with E-state index in [0.29, 0.717) is 39.0 Å². The Labute approximate surface area is 471 Å². The maximum Gasteiger partial charge on any atom is 0.323 e. The van der Waals surface area contributed by atoms with Gasteiger partial charge in [0.1, 0.15) is 17.2 Å². The van der Waals surface area contributed by atoms with E-state index in [0.717, 1.165) is 50.5 Å². The summed E-state index contributed by atoms with van der Waals surface area (Å²) in [5.41, 5.74) is 5.68. The van der Waals surface area contributed by atoms with Crippen molar-refractivity contribution >= 4 is 69.1 Å². The number of anilines is 1. The highest BCUT2D eigenvalue weighted by molar-refractivity contribution is 7.81. The summed E-state index contributed by atoms with van der Waals surface area (Å²) in [5, 5.41) is 3.86. The lowest BCUT2D eigenvalue weighted by atomic mass is 9.84. The molecule has 17 nitrogen and oxygen atoms in total. The Morgan fingerprint density at radius 3 is 2.33 bits per heavy atom. The first-order valence-electron chi connectivity index (χ1n) is 27.6. The fourth-order valence-electron chi connectivity index (χ4n) is 10.6. The average Bonchev–Trinajstić information content (AvgIpc) is 3.77. The third-order valence-electron chi connectivity index (χ3n) is 15.9. The summed E-state index contributed by atoms with van der Waals surface area (Å²) in [6.45, 7) is 22.4. The molecule has 1 aromatic carbocycles. The molecular weight excluding hydrogens is 1030 g/mol. The molecular formula is C58H85FN9O8SSi. The first kappa shape index (κ1) is 62.2. The smallest absolute Gasteiger partial charge is 0.323 e. The van der Waals surface area contributed by atoms with Gasteiger partial charge in [-0.25, -0.2) is 9.82 Å². The van der Waals surface area contributed by atoms with Crippen LogP contribution in [0.2, 0.25) is 0 Å². The van der Waals surface area contributed by atoms with Crippen LogP contribution < -0.4 is 15.6 Å². The van der Waals surface area contributed by atoms with Crippen LogP contribution in [0.15, 0.2) is 36.5 Å². The van der Waals surface area contributed by atoms with Crippen LogP contribution in [0.5, 0.6) is 0 Å². The first-order valence-corrected chi connectivity index (χ1v) is 28.6. The van der Waals surface area contributed by atoms with Gasteiger partial charge in [-0.3, -0.25) is 38.9 Å². The zero-order chi connectivity index (χ0) is 57.7. The number of halogens is 1. The van der Waals surface area contributed by atoms with Crippen LogP contribution in [0, 0.1) is 23.2 Å². The molecule has 3 aromatic rings. The Hall–Kier alpha value is -5.04. The zero-order valence-corrected chi connectivity index (χ0v) is 50.4. The minimum absolute atomic E-state index is 0.0110. The van der Waals surface area contributed by atoms with Gasteiger partial charge >= 0.3 is 5.97 Å². The fourth-order valence-corrected chi connectivity index (χ4v) is 11.1. The number of carbonyl (C=O) groups is 5. The Bertz CT molecular complexity index is 2720. The number of ether oxygens (including phenoxy) is 3. The second kappa shape index (κ2) is 25.6. The number of nitrogens with one attached hydrogen (secondary N) is 2. The van der Waals surface area contributed by atoms with E-state index in [1.54, 1.807) is 34.1 Å². The number of hydrogen-bond acceptors (Lipinski definition) is 13. The van der Waals surface area contributed by atoms with E-state index in [4.69, 9.17) is 31.8 Å². The number of pyridine rings is 1. The van der Waals surface area contributed by atoms with Crippen molar-refractivity contribution in [3.8, 4) is 23.1 Å². The quantitative estimate of drug-likeness (QED) is 0.0546. The van der Waals surface area contributed by atoms with Crippen LogP contribution in [-0.2, 0) is 51.1 Å². The highest BCUT2D eigenvalue weighted by Crippen LogP contribution is 2.42. The van der Waals surface area contributed by atoms with Crippen molar-refractivity contribution < 1.29 is 42.6 Å². The minimum atomic E-state index is -2.32. The SMILES string of the molecule is CC[C@H](NC(=O)[C@H](C(C)C)N(C)C(=O)C1(F)CCN(C(=O)C#CC(C)(C)N(C)C)CC1)C(=O)N1CCCC([Si])(C(=O)OCC(C)(C)Cc2c(-c3cccnc3[C@H](C)OC)n(CC)c3ccc(N4CCOC(C(C)S)C4)cc23)N1. The van der Waals surface area contributed by atoms with Gasteiger partial charge in [-0.05, 0) is 115 Å². The number of amides is 4. The van der Waals surface area contributed by atoms with E-state index in [-0.39, 0.29) is 63.0 Å². The average molecular weight is 1120 g/mol. The van der Waals surface area contributed by atoms with Gasteiger partial charge in [0.2, 0.25) is 5.91 Å². The lowest BCUT2D eigenvalue weighted by Crippen LogP contribution is -2.67. The van der Waals surface area contributed by atoms with Gasteiger partial charge in [0.25, 0.3) is 17.7 Å². The van der Waals surface area contributed by atoms with Gasteiger partial charge in [0.15, 0.2) is 5.67 Å². The summed E-state index contributed by atoms with van der Waals surface area (Å²) in [7, 11) is 10.5. The number of morpholine rings is 1. The molecule has 3 radical (unpaired) electrons. The van der Waals surface area contributed by atoms with Crippen LogP contribution in [0.25, 0.3) is 22.2 Å². The van der Waals surface area contributed by atoms with Crippen LogP contribution in [0.1, 0.15) is 119 Å². The number of benzene rings is 1. The number of hydrogen-bond donors (Lipinski definition) is 3. The molecule has 3 aliphatic rings. The number of fused-ring (bicyclic) bond motifs is 1. The number of rotatable bonds is 19. The Morgan fingerprint density at radius 2 is 1.72 bits per heavy atom. The van der Waals surface area contributed by atoms with Gasteiger partial charge in [-0.15, -0.1) is 0 Å². The normalized spacial score (nSPS) is 20.7. The number of carbonyl (C=O) groups excluding carboxylic acids is 5. The largest absolute Gasteiger partial charge is 0.464 e. The summed E-state index contributed by atoms with van der Waals surface area (Å²) in [6, 6.07) is 8.50. The lowest BCUT2D eigenvalue weighted by molar-refractivity contribution is -0.158. The molecule has 6 atom stereocenters. The van der Waals surface area contributed by atoms with Gasteiger partial charge < -0.3 is 38.8 Å². The summed E-state index contributed by atoms with van der Waals surface area (Å²) < 4.78 is 37.0. The predicted molar refractivity (Wildman–Crippen MR) is 306 cm³/mol. The highest BCUT2D eigenvalue weighted by atomic mass is 32.1. The third-order valence-corrected chi connectivity index (χ3v) is 16.8. The number of hydrazine groups is 1. The summed E-state index contributed by atoms with van der Waals surface area (Å²) in [5.74, 6) is 2.17. The van der Waals surface area contributed by atoms with Crippen LogP contribution in [-0.4, -0.2) is 183 Å². The van der Waals surface area contributed by atoms with Crippen LogP contribution in [0.3, 0.4) is 0 Å². The molecule has 6 rings (SSSR count). The molecule has 3 saturated heterocycles. The van der Waals surface area contributed by atoms with E-state index in [2.05, 4.69) is 94.3 Å². The van der Waals surface area contributed by atoms with Crippen molar-refractivity contribution in [2.45, 2.75) is 160 Å². The topological polar surface area (TPSA) is 171 Å². The Balaban J connectivity index is 1.15. The van der Waals surface area contributed by atoms with Crippen molar-refractivity contribution in [1.82, 2.24) is 40.0 Å². The fraction of sp³-hybridized carbons (Fsp3) is 0.655. The molecule has 3 fully saturated rings. The molecule has 78 heavy (non-hydrogen) atoms. The van der Waals surface area contributed by atoms with Crippen molar-refractivity contribution in [2.75, 3.05) is 79.1 Å². The van der Waals surface area contributed by atoms with Crippen molar-refractivity contribution in [1.29, 1.82) is 0 Å². The molecule has 4 amide bonds. The molecule has 5 heterocycles. The Morgan fingerprint density at radius 1 is 1.03 bits per heavy atom. The zero-order valence-electron chi connectivity index (χ0n) is 48.5. The maximum atomic E-state index is 16.5. The van der Waals surface area contributed by atoms with Crippen molar-refractivity contribution in [3.63, 3.8) is 0 Å². The Kier molecular flexibility index (Phi) is 20.4. The predicted octanol–water partition coefficient (Wildman–Crippen LogP) is 6.11. The molecule has 3 aliphatic heterocycles. The number of likely N-dealkylation sites (N-methyl/N-ethyl adjacent to an activating group) is 1. The molecule has 427 valence electrons. The molecule has 20 heteroatoms. The number of esters is 1. The lowest BCUT2D eigenvalue weighted by Gasteiger charge is -2.42. The monoisotopic (exact) mass is 1110 g/mol. The number of aromatic nitrogens is 2. The second-order valence-corrected chi connectivity index (χ2v) is 24.9. The number of alkyl halides is 1. The van der Waals surface area contributed by atoms with Crippen LogP contribution in [0.4, 0.5) is 10.1 Å². The number of aryl methyl sites for hydroxylation is 1. The van der Waals surface area contributed by atoms with Crippen molar-refractivity contribution in [3.05, 3.63) is 47.8 Å². The van der Waals surface area contributed by atoms with E-state index in [1.165, 1.54) is 17.0 Å². The summed E-state index contributed by atoms with van der Waals surface area (Å²) in [6.07, 6.45) is 2.45. The summed E-state index contributed by atoms with van der Waals surface area (Å²) >= 11 is 4.71. The number of likely N-dealkylation sites (tertiary alicyclic amines) is 1. The molecule has 0 spiro atoms. The van der Waals surface area contributed by atoms with E-state index in [1.807, 2.05) is 45.8 Å². The molecule has 0 aliphatic carbocycles. The van der Waals surface area contributed by atoms with Gasteiger partial charge in [0.05, 0.1) is 52.6 Å². The molecule has 0 saturated carbocycles. The third kappa shape index (κ3) is 13.9. The van der Waals surface area contributed by atoms with E-state index < -0.39 is 69.4 Å². The first-order chi connectivity index (χ1) is 36.6.